The maximum atomic E-state index is 7.50. The predicted molar refractivity (Wildman–Crippen MR) is 69.6 cm³/mol. The summed E-state index contributed by atoms with van der Waals surface area (Å²) in [5, 5.41) is 0.848. The van der Waals surface area contributed by atoms with E-state index in [1.54, 1.807) is 0 Å². The van der Waals surface area contributed by atoms with E-state index < -0.39 is 0 Å². The van der Waals surface area contributed by atoms with Gasteiger partial charge in [0, 0.05) is 5.02 Å². The van der Waals surface area contributed by atoms with Gasteiger partial charge in [0.15, 0.2) is 0 Å². The van der Waals surface area contributed by atoms with Gasteiger partial charge in [0.25, 0.3) is 0 Å². The number of aryl methyl sites for hydroxylation is 2. The van der Waals surface area contributed by atoms with E-state index in [9.17, 15) is 0 Å². The van der Waals surface area contributed by atoms with Crippen molar-refractivity contribution in [1.29, 1.82) is 5.59 Å². The van der Waals surface area contributed by atoms with E-state index in [0.717, 1.165) is 10.6 Å². The summed E-state index contributed by atoms with van der Waals surface area (Å²) in [6, 6.07) is 6.00. The fraction of sp³-hybridized carbons (Fsp3) is 0.333. The summed E-state index contributed by atoms with van der Waals surface area (Å²) in [7, 11) is 0. The fourth-order valence-electron chi connectivity index (χ4n) is 0.795. The van der Waals surface area contributed by atoms with Crippen LogP contribution in [0, 0.1) is 24.3 Å². The molecule has 0 fully saturated rings. The first-order valence-corrected chi connectivity index (χ1v) is 5.01. The lowest BCUT2D eigenvalue weighted by molar-refractivity contribution is 1.39. The van der Waals surface area contributed by atoms with Gasteiger partial charge in [-0.15, -0.1) is 13.2 Å². The highest BCUT2D eigenvalue weighted by molar-refractivity contribution is 6.31. The lowest BCUT2D eigenvalue weighted by atomic mass is 10.2. The van der Waals surface area contributed by atoms with E-state index in [0.29, 0.717) is 0 Å². The van der Waals surface area contributed by atoms with Crippen molar-refractivity contribution in [2.45, 2.75) is 27.7 Å². The number of hydrogen-bond acceptors (Lipinski definition) is 2. The van der Waals surface area contributed by atoms with Crippen LogP contribution in [0.2, 0.25) is 5.02 Å². The summed E-state index contributed by atoms with van der Waals surface area (Å²) in [5.74, 6) is 0. The highest BCUT2D eigenvalue weighted by atomic mass is 35.5. The molecule has 0 radical (unpaired) electrons. The second kappa shape index (κ2) is 15.3. The van der Waals surface area contributed by atoms with Crippen LogP contribution in [0.25, 0.3) is 0 Å². The minimum absolute atomic E-state index is 0.848. The highest BCUT2D eigenvalue weighted by Gasteiger charge is 1.91. The minimum atomic E-state index is 0.848. The Hall–Kier alpha value is -1.15. The SMILES string of the molecule is C=C.CC.Cc1ccc(Cl)c(C)c1.N=O. The molecule has 0 bridgehead atoms. The molecule has 0 amide bonds. The summed E-state index contributed by atoms with van der Waals surface area (Å²) >= 11 is 5.78. The maximum Gasteiger partial charge on any atom is 0.0435 e. The van der Waals surface area contributed by atoms with E-state index in [2.05, 4.69) is 31.7 Å². The Morgan fingerprint density at radius 1 is 1.13 bits per heavy atom. The zero-order valence-corrected chi connectivity index (χ0v) is 10.7. The first-order valence-electron chi connectivity index (χ1n) is 4.63. The van der Waals surface area contributed by atoms with Crippen LogP contribution < -0.4 is 0 Å². The second-order valence-corrected chi connectivity index (χ2v) is 2.66. The van der Waals surface area contributed by atoms with Crippen molar-refractivity contribution in [3.8, 4) is 0 Å². The molecule has 0 saturated heterocycles. The van der Waals surface area contributed by atoms with Crippen molar-refractivity contribution in [2.24, 2.45) is 0 Å². The molecule has 0 spiro atoms. The van der Waals surface area contributed by atoms with Crippen LogP contribution in [0.15, 0.2) is 31.4 Å². The molecule has 3 heteroatoms. The minimum Gasteiger partial charge on any atom is -0.154 e. The molecular formula is C12H20ClNO. The molecule has 0 aliphatic carbocycles. The zero-order chi connectivity index (χ0) is 12.9. The van der Waals surface area contributed by atoms with E-state index in [4.69, 9.17) is 16.5 Å². The number of nitrogens with one attached hydrogen (secondary N) is 1. The van der Waals surface area contributed by atoms with Crippen molar-refractivity contribution in [2.75, 3.05) is 0 Å². The molecule has 1 aromatic rings. The molecule has 0 heterocycles. The molecule has 0 aromatic heterocycles. The first-order chi connectivity index (χ1) is 7.20. The van der Waals surface area contributed by atoms with Gasteiger partial charge in [0.05, 0.1) is 0 Å². The van der Waals surface area contributed by atoms with Crippen LogP contribution in [0.1, 0.15) is 25.0 Å². The van der Waals surface area contributed by atoms with Crippen LogP contribution in [0.4, 0.5) is 0 Å². The molecule has 1 rings (SSSR count). The normalized spacial score (nSPS) is 6.73. The Bertz CT molecular complexity index is 249. The Morgan fingerprint density at radius 3 is 1.80 bits per heavy atom. The summed E-state index contributed by atoms with van der Waals surface area (Å²) in [6.07, 6.45) is 0. The van der Waals surface area contributed by atoms with E-state index in [1.165, 1.54) is 5.56 Å². The molecule has 2 nitrogen and oxygen atoms in total. The zero-order valence-electron chi connectivity index (χ0n) is 9.93. The lowest BCUT2D eigenvalue weighted by Crippen LogP contribution is -1.75. The summed E-state index contributed by atoms with van der Waals surface area (Å²) in [6.45, 7) is 14.1. The fourth-order valence-corrected chi connectivity index (χ4v) is 0.912. The quantitative estimate of drug-likeness (QED) is 0.487. The van der Waals surface area contributed by atoms with Crippen LogP contribution in [0.5, 0.6) is 0 Å². The van der Waals surface area contributed by atoms with Crippen LogP contribution in [-0.2, 0) is 0 Å². The van der Waals surface area contributed by atoms with Crippen LogP contribution in [-0.4, -0.2) is 0 Å². The van der Waals surface area contributed by atoms with Gasteiger partial charge in [-0.05, 0) is 25.5 Å². The van der Waals surface area contributed by atoms with Gasteiger partial charge in [-0.25, -0.2) is 0 Å². The standard InChI is InChI=1S/C8H9Cl.C2H6.C2H4.HNO/c1-6-3-4-8(9)7(2)5-6;3*1-2/h3-5H,1-2H3;1-2H3;1-2H2;1H. The van der Waals surface area contributed by atoms with Crippen molar-refractivity contribution in [3.63, 3.8) is 0 Å². The number of halogens is 1. The van der Waals surface area contributed by atoms with Gasteiger partial charge >= 0.3 is 0 Å². The molecule has 1 N–H and O–H groups in total. The van der Waals surface area contributed by atoms with Gasteiger partial charge in [-0.2, -0.15) is 4.91 Å². The van der Waals surface area contributed by atoms with Gasteiger partial charge in [-0.1, -0.05) is 48.7 Å². The summed E-state index contributed by atoms with van der Waals surface area (Å²) in [4.78, 5) is 7.50. The number of benzene rings is 1. The number of nitroso groups, excluding NO2 is 1. The number of hydrogen-bond donors (Lipinski definition) is 1. The van der Waals surface area contributed by atoms with Gasteiger partial charge in [0.1, 0.15) is 0 Å². The van der Waals surface area contributed by atoms with E-state index in [-0.39, 0.29) is 0 Å². The topological polar surface area (TPSA) is 40.9 Å². The van der Waals surface area contributed by atoms with Gasteiger partial charge < -0.3 is 0 Å². The second-order valence-electron chi connectivity index (χ2n) is 2.25. The third kappa shape index (κ3) is 10.8. The third-order valence-electron chi connectivity index (χ3n) is 1.31. The Kier molecular flexibility index (Phi) is 19.9. The average molecular weight is 230 g/mol. The molecule has 0 aliphatic rings. The van der Waals surface area contributed by atoms with Crippen LogP contribution >= 0.6 is 11.6 Å². The molecule has 0 aliphatic heterocycles. The molecule has 0 atom stereocenters. The monoisotopic (exact) mass is 229 g/mol. The van der Waals surface area contributed by atoms with Crippen molar-refractivity contribution < 1.29 is 0 Å². The summed E-state index contributed by atoms with van der Waals surface area (Å²) in [5.41, 5.74) is 6.91. The lowest BCUT2D eigenvalue weighted by Gasteiger charge is -1.96. The van der Waals surface area contributed by atoms with Gasteiger partial charge in [0.2, 0.25) is 0 Å². The maximum absolute atomic E-state index is 7.50. The molecule has 15 heavy (non-hydrogen) atoms. The molecule has 1 aromatic carbocycles. The smallest absolute Gasteiger partial charge is 0.0435 e. The Balaban J connectivity index is -0.000000208. The molecule has 0 unspecified atom stereocenters. The van der Waals surface area contributed by atoms with Crippen molar-refractivity contribution in [3.05, 3.63) is 52.4 Å². The molecular weight excluding hydrogens is 210 g/mol. The Labute approximate surface area is 97.7 Å². The Morgan fingerprint density at radius 2 is 1.53 bits per heavy atom. The van der Waals surface area contributed by atoms with Gasteiger partial charge in [-0.3, -0.25) is 0 Å². The van der Waals surface area contributed by atoms with E-state index >= 15 is 0 Å². The largest absolute Gasteiger partial charge is 0.154 e. The van der Waals surface area contributed by atoms with E-state index in [1.807, 2.05) is 32.9 Å². The first kappa shape index (κ1) is 19.4. The molecule has 86 valence electrons. The number of rotatable bonds is 0. The van der Waals surface area contributed by atoms with Crippen molar-refractivity contribution in [1.82, 2.24) is 0 Å². The average Bonchev–Trinajstić information content (AvgIpc) is 2.32. The highest BCUT2D eigenvalue weighted by Crippen LogP contribution is 2.14. The molecule has 0 saturated carbocycles. The van der Waals surface area contributed by atoms with Crippen LogP contribution in [0.3, 0.4) is 0 Å². The predicted octanol–water partition coefficient (Wildman–Crippen LogP) is 5.12. The third-order valence-corrected chi connectivity index (χ3v) is 1.74. The van der Waals surface area contributed by atoms with Crippen molar-refractivity contribution >= 4 is 11.6 Å². The summed E-state index contributed by atoms with van der Waals surface area (Å²) < 4.78 is 0.